The lowest BCUT2D eigenvalue weighted by Gasteiger charge is -2.41. The Morgan fingerprint density at radius 3 is 2.59 bits per heavy atom. The third kappa shape index (κ3) is 4.88. The Hall–Kier alpha value is -3.46. The van der Waals surface area contributed by atoms with Crippen LogP contribution in [0.2, 0.25) is 0 Å². The molecule has 2 aliphatic rings. The summed E-state index contributed by atoms with van der Waals surface area (Å²) in [6.45, 7) is 2.13. The summed E-state index contributed by atoms with van der Waals surface area (Å²) in [5.41, 5.74) is 2.50. The molecule has 1 amide bonds. The Labute approximate surface area is 189 Å². The summed E-state index contributed by atoms with van der Waals surface area (Å²) >= 11 is 1.60. The van der Waals surface area contributed by atoms with Gasteiger partial charge in [-0.25, -0.2) is 4.79 Å². The number of nitrogens with zero attached hydrogens (tertiary/aromatic N) is 3. The van der Waals surface area contributed by atoms with E-state index in [1.807, 2.05) is 30.3 Å². The van der Waals surface area contributed by atoms with Crippen LogP contribution in [0.3, 0.4) is 0 Å². The van der Waals surface area contributed by atoms with Gasteiger partial charge in [-0.2, -0.15) is 0 Å². The summed E-state index contributed by atoms with van der Waals surface area (Å²) in [6.07, 6.45) is 2.08. The van der Waals surface area contributed by atoms with Crippen molar-refractivity contribution >= 4 is 34.4 Å². The first kappa shape index (κ1) is 21.8. The van der Waals surface area contributed by atoms with Crippen LogP contribution in [0.4, 0.5) is 5.69 Å². The van der Waals surface area contributed by atoms with E-state index < -0.39 is 10.9 Å². The van der Waals surface area contributed by atoms with Crippen molar-refractivity contribution in [2.24, 2.45) is 4.99 Å². The number of rotatable bonds is 8. The quantitative estimate of drug-likeness (QED) is 0.200. The van der Waals surface area contributed by atoms with Crippen molar-refractivity contribution in [2.75, 3.05) is 6.54 Å². The van der Waals surface area contributed by atoms with Crippen LogP contribution in [0, 0.1) is 10.1 Å². The molecule has 2 aromatic carbocycles. The smallest absolute Gasteiger partial charge is 0.331 e. The number of carbonyl (C=O) groups excluding carboxylic acids is 2. The fourth-order valence-corrected chi connectivity index (χ4v) is 4.84. The van der Waals surface area contributed by atoms with Gasteiger partial charge in [0.05, 0.1) is 9.97 Å². The average molecular weight is 452 g/mol. The standard InChI is InChI=1S/C23H21N3O5S/c1-15(11-20(27)31-14-17-7-9-18(10-8-17)26(29)30)13-25-22(28)21-23(25)32-19(24-21)12-16-5-3-2-4-6-16/h2-11,21,23H,12-14H2,1H3. The summed E-state index contributed by atoms with van der Waals surface area (Å²) in [7, 11) is 0. The van der Waals surface area contributed by atoms with Crippen LogP contribution < -0.4 is 0 Å². The maximum absolute atomic E-state index is 12.5. The highest BCUT2D eigenvalue weighted by atomic mass is 32.2. The van der Waals surface area contributed by atoms with Gasteiger partial charge in [-0.3, -0.25) is 19.9 Å². The van der Waals surface area contributed by atoms with Gasteiger partial charge in [0, 0.05) is 31.2 Å². The van der Waals surface area contributed by atoms with Crippen LogP contribution in [0.15, 0.2) is 71.2 Å². The van der Waals surface area contributed by atoms with E-state index in [9.17, 15) is 19.7 Å². The molecule has 0 spiro atoms. The number of amides is 1. The van der Waals surface area contributed by atoms with Crippen molar-refractivity contribution in [3.05, 3.63) is 87.5 Å². The van der Waals surface area contributed by atoms with Crippen LogP contribution in [-0.4, -0.2) is 44.7 Å². The second-order valence-corrected chi connectivity index (χ2v) is 8.82. The maximum Gasteiger partial charge on any atom is 0.331 e. The zero-order valence-corrected chi connectivity index (χ0v) is 18.2. The number of likely N-dealkylation sites (tertiary alicyclic amines) is 1. The fourth-order valence-electron chi connectivity index (χ4n) is 3.53. The van der Waals surface area contributed by atoms with Crippen molar-refractivity contribution in [1.29, 1.82) is 0 Å². The Morgan fingerprint density at radius 1 is 1.19 bits per heavy atom. The lowest BCUT2D eigenvalue weighted by Crippen LogP contribution is -2.60. The van der Waals surface area contributed by atoms with Crippen molar-refractivity contribution in [3.63, 3.8) is 0 Å². The highest BCUT2D eigenvalue weighted by molar-refractivity contribution is 8.14. The van der Waals surface area contributed by atoms with E-state index in [2.05, 4.69) is 4.99 Å². The summed E-state index contributed by atoms with van der Waals surface area (Å²) < 4.78 is 5.21. The molecule has 0 N–H and O–H groups in total. The minimum atomic E-state index is -0.523. The van der Waals surface area contributed by atoms with Crippen LogP contribution in [0.5, 0.6) is 0 Å². The molecule has 1 saturated heterocycles. The van der Waals surface area contributed by atoms with E-state index in [-0.39, 0.29) is 29.6 Å². The van der Waals surface area contributed by atoms with E-state index in [0.717, 1.165) is 10.6 Å². The molecule has 9 heteroatoms. The molecular weight excluding hydrogens is 430 g/mol. The molecule has 0 saturated carbocycles. The van der Waals surface area contributed by atoms with Gasteiger partial charge in [0.15, 0.2) is 6.04 Å². The number of thioether (sulfide) groups is 1. The number of esters is 1. The first-order valence-corrected chi connectivity index (χ1v) is 10.9. The maximum atomic E-state index is 12.5. The van der Waals surface area contributed by atoms with E-state index in [1.165, 1.54) is 18.2 Å². The van der Waals surface area contributed by atoms with Gasteiger partial charge < -0.3 is 9.64 Å². The largest absolute Gasteiger partial charge is 0.458 e. The summed E-state index contributed by atoms with van der Waals surface area (Å²) in [4.78, 5) is 41.1. The van der Waals surface area contributed by atoms with E-state index in [1.54, 1.807) is 35.7 Å². The number of ether oxygens (including phenoxy) is 1. The summed E-state index contributed by atoms with van der Waals surface area (Å²) in [6, 6.07) is 15.5. The molecule has 2 aliphatic heterocycles. The number of benzene rings is 2. The monoisotopic (exact) mass is 451 g/mol. The van der Waals surface area contributed by atoms with Crippen LogP contribution in [-0.2, 0) is 27.4 Å². The van der Waals surface area contributed by atoms with Gasteiger partial charge in [0.1, 0.15) is 12.0 Å². The molecule has 1 fully saturated rings. The molecule has 2 unspecified atom stereocenters. The molecule has 32 heavy (non-hydrogen) atoms. The van der Waals surface area contributed by atoms with E-state index in [0.29, 0.717) is 24.1 Å². The SMILES string of the molecule is CC(=CC(=O)OCc1ccc([N+](=O)[O-])cc1)CN1C(=O)C2N=C(Cc3ccccc3)SC21. The molecule has 2 atom stereocenters. The molecule has 2 aromatic rings. The van der Waals surface area contributed by atoms with Crippen molar-refractivity contribution in [2.45, 2.75) is 31.4 Å². The van der Waals surface area contributed by atoms with Gasteiger partial charge in [0.25, 0.3) is 11.6 Å². The summed E-state index contributed by atoms with van der Waals surface area (Å²) in [5.74, 6) is -0.553. The second-order valence-electron chi connectivity index (χ2n) is 7.63. The predicted molar refractivity (Wildman–Crippen MR) is 121 cm³/mol. The van der Waals surface area contributed by atoms with Gasteiger partial charge >= 0.3 is 5.97 Å². The highest BCUT2D eigenvalue weighted by Gasteiger charge is 2.51. The first-order valence-electron chi connectivity index (χ1n) is 10.1. The van der Waals surface area contributed by atoms with Crippen molar-refractivity contribution in [1.82, 2.24) is 4.90 Å². The third-order valence-electron chi connectivity index (χ3n) is 5.16. The minimum Gasteiger partial charge on any atom is -0.458 e. The number of aliphatic imine (C=N–C) groups is 1. The predicted octanol–water partition coefficient (Wildman–Crippen LogP) is 3.51. The van der Waals surface area contributed by atoms with E-state index in [4.69, 9.17) is 4.74 Å². The number of nitro benzene ring substituents is 1. The Balaban J connectivity index is 1.26. The normalized spacial score (nSPS) is 19.8. The molecule has 2 heterocycles. The zero-order valence-electron chi connectivity index (χ0n) is 17.3. The third-order valence-corrected chi connectivity index (χ3v) is 6.44. The molecular formula is C23H21N3O5S. The number of nitro groups is 1. The minimum absolute atomic E-state index is 0.0144. The number of carbonyl (C=O) groups is 2. The second kappa shape index (κ2) is 9.35. The fraction of sp³-hybridized carbons (Fsp3) is 0.261. The molecule has 0 aliphatic carbocycles. The lowest BCUT2D eigenvalue weighted by atomic mass is 10.1. The highest BCUT2D eigenvalue weighted by Crippen LogP contribution is 2.40. The van der Waals surface area contributed by atoms with Gasteiger partial charge in [-0.15, -0.1) is 0 Å². The Kier molecular flexibility index (Phi) is 6.36. The number of hydrogen-bond donors (Lipinski definition) is 0. The van der Waals surface area contributed by atoms with Crippen LogP contribution in [0.25, 0.3) is 0 Å². The zero-order chi connectivity index (χ0) is 22.7. The van der Waals surface area contributed by atoms with Gasteiger partial charge in [0.2, 0.25) is 0 Å². The van der Waals surface area contributed by atoms with Crippen LogP contribution >= 0.6 is 11.8 Å². The Morgan fingerprint density at radius 2 is 1.91 bits per heavy atom. The van der Waals surface area contributed by atoms with Crippen molar-refractivity contribution < 1.29 is 19.2 Å². The number of fused-ring (bicyclic) bond motifs is 1. The number of hydrogen-bond acceptors (Lipinski definition) is 7. The Bertz CT molecular complexity index is 1100. The molecule has 0 bridgehead atoms. The summed E-state index contributed by atoms with van der Waals surface area (Å²) in [5, 5.41) is 11.6. The van der Waals surface area contributed by atoms with E-state index >= 15 is 0 Å². The molecule has 0 radical (unpaired) electrons. The molecule has 0 aromatic heterocycles. The number of β-lactam (4-membered cyclic amide) rings is 1. The molecule has 8 nitrogen and oxygen atoms in total. The average Bonchev–Trinajstić information content (AvgIpc) is 3.16. The van der Waals surface area contributed by atoms with Crippen LogP contribution in [0.1, 0.15) is 18.1 Å². The molecule has 4 rings (SSSR count). The lowest BCUT2D eigenvalue weighted by molar-refractivity contribution is -0.384. The van der Waals surface area contributed by atoms with Crippen molar-refractivity contribution in [3.8, 4) is 0 Å². The van der Waals surface area contributed by atoms with Gasteiger partial charge in [-0.1, -0.05) is 42.1 Å². The van der Waals surface area contributed by atoms with Gasteiger partial charge in [-0.05, 0) is 35.8 Å². The first-order chi connectivity index (χ1) is 15.4. The molecule has 164 valence electrons. The number of non-ortho nitro benzene ring substituents is 1. The topological polar surface area (TPSA) is 102 Å².